The summed E-state index contributed by atoms with van der Waals surface area (Å²) in [5, 5.41) is 1.13. The molecule has 1 aliphatic carbocycles. The molecule has 1 N–H and O–H groups in total. The maximum Gasteiger partial charge on any atom is 0.141 e. The SMILES string of the molecule is COc1ccc2cc(C3(C(C)=O)CC3)[nH]c2c1. The van der Waals surface area contributed by atoms with Crippen LogP contribution in [0.2, 0.25) is 0 Å². The monoisotopic (exact) mass is 229 g/mol. The minimum absolute atomic E-state index is 0.230. The van der Waals surface area contributed by atoms with Crippen molar-refractivity contribution in [2.24, 2.45) is 0 Å². The van der Waals surface area contributed by atoms with E-state index in [2.05, 4.69) is 11.1 Å². The molecule has 0 spiro atoms. The molecule has 0 atom stereocenters. The molecule has 0 amide bonds. The van der Waals surface area contributed by atoms with Gasteiger partial charge in [-0.25, -0.2) is 0 Å². The molecule has 0 saturated heterocycles. The fraction of sp³-hybridized carbons (Fsp3) is 0.357. The summed E-state index contributed by atoms with van der Waals surface area (Å²) < 4.78 is 5.19. The van der Waals surface area contributed by atoms with Gasteiger partial charge in [0.05, 0.1) is 12.5 Å². The molecule has 3 heteroatoms. The van der Waals surface area contributed by atoms with Crippen LogP contribution in [-0.2, 0) is 10.2 Å². The number of ketones is 1. The summed E-state index contributed by atoms with van der Waals surface area (Å²) >= 11 is 0. The highest BCUT2D eigenvalue weighted by molar-refractivity contribution is 5.93. The van der Waals surface area contributed by atoms with Crippen LogP contribution in [0.3, 0.4) is 0 Å². The molecule has 2 aromatic rings. The summed E-state index contributed by atoms with van der Waals surface area (Å²) in [7, 11) is 1.66. The summed E-state index contributed by atoms with van der Waals surface area (Å²) in [6, 6.07) is 8.01. The third kappa shape index (κ3) is 1.46. The maximum atomic E-state index is 11.7. The van der Waals surface area contributed by atoms with Crippen LogP contribution in [0.4, 0.5) is 0 Å². The number of aromatic nitrogens is 1. The van der Waals surface area contributed by atoms with Gasteiger partial charge in [0.25, 0.3) is 0 Å². The van der Waals surface area contributed by atoms with Gasteiger partial charge in [-0.05, 0) is 43.4 Å². The van der Waals surface area contributed by atoms with Crippen molar-refractivity contribution in [2.45, 2.75) is 25.2 Å². The summed E-state index contributed by atoms with van der Waals surface area (Å²) in [4.78, 5) is 15.0. The number of fused-ring (bicyclic) bond motifs is 1. The summed E-state index contributed by atoms with van der Waals surface area (Å²) in [6.45, 7) is 1.68. The van der Waals surface area contributed by atoms with Crippen molar-refractivity contribution in [3.05, 3.63) is 30.0 Å². The third-order valence-corrected chi connectivity index (χ3v) is 3.77. The van der Waals surface area contributed by atoms with Crippen molar-refractivity contribution >= 4 is 16.7 Å². The van der Waals surface area contributed by atoms with E-state index in [4.69, 9.17) is 4.74 Å². The van der Waals surface area contributed by atoms with Crippen LogP contribution in [0.25, 0.3) is 10.9 Å². The molecule has 1 aromatic heterocycles. The van der Waals surface area contributed by atoms with Gasteiger partial charge in [0.15, 0.2) is 0 Å². The number of ether oxygens (including phenoxy) is 1. The number of aromatic amines is 1. The van der Waals surface area contributed by atoms with Gasteiger partial charge in [-0.1, -0.05) is 0 Å². The van der Waals surface area contributed by atoms with Crippen LogP contribution in [0.5, 0.6) is 5.75 Å². The Hall–Kier alpha value is -1.77. The fourth-order valence-electron chi connectivity index (χ4n) is 2.43. The number of carbonyl (C=O) groups excluding carboxylic acids is 1. The Balaban J connectivity index is 2.11. The number of methoxy groups -OCH3 is 1. The first kappa shape index (κ1) is 10.4. The van der Waals surface area contributed by atoms with E-state index in [1.165, 1.54) is 0 Å². The van der Waals surface area contributed by atoms with Gasteiger partial charge in [0, 0.05) is 17.3 Å². The quantitative estimate of drug-likeness (QED) is 0.879. The molecule has 0 aliphatic heterocycles. The van der Waals surface area contributed by atoms with Crippen molar-refractivity contribution in [2.75, 3.05) is 7.11 Å². The Morgan fingerprint density at radius 3 is 2.71 bits per heavy atom. The van der Waals surface area contributed by atoms with Crippen LogP contribution in [0.15, 0.2) is 24.3 Å². The fourth-order valence-corrected chi connectivity index (χ4v) is 2.43. The number of nitrogens with one attached hydrogen (secondary N) is 1. The molecule has 3 rings (SSSR count). The molecular formula is C14H15NO2. The zero-order valence-corrected chi connectivity index (χ0v) is 10.0. The van der Waals surface area contributed by atoms with E-state index in [0.717, 1.165) is 35.2 Å². The van der Waals surface area contributed by atoms with Crippen molar-refractivity contribution < 1.29 is 9.53 Å². The Bertz CT molecular complexity index is 593. The molecule has 3 nitrogen and oxygen atoms in total. The van der Waals surface area contributed by atoms with Gasteiger partial charge in [0.1, 0.15) is 11.5 Å². The van der Waals surface area contributed by atoms with E-state index in [1.54, 1.807) is 14.0 Å². The lowest BCUT2D eigenvalue weighted by Gasteiger charge is -2.07. The Kier molecular flexibility index (Phi) is 2.05. The second kappa shape index (κ2) is 3.36. The smallest absolute Gasteiger partial charge is 0.141 e. The van der Waals surface area contributed by atoms with Crippen LogP contribution in [0, 0.1) is 0 Å². The number of hydrogen-bond donors (Lipinski definition) is 1. The Labute approximate surface area is 99.8 Å². The number of hydrogen-bond acceptors (Lipinski definition) is 2. The highest BCUT2D eigenvalue weighted by Crippen LogP contribution is 2.49. The molecule has 1 saturated carbocycles. The van der Waals surface area contributed by atoms with E-state index >= 15 is 0 Å². The lowest BCUT2D eigenvalue weighted by Crippen LogP contribution is -2.17. The standard InChI is InChI=1S/C14H15NO2/c1-9(16)14(5-6-14)13-7-10-3-4-11(17-2)8-12(10)15-13/h3-4,7-8,15H,5-6H2,1-2H3. The molecule has 1 fully saturated rings. The molecular weight excluding hydrogens is 214 g/mol. The number of carbonyl (C=O) groups is 1. The van der Waals surface area contributed by atoms with E-state index < -0.39 is 0 Å². The van der Waals surface area contributed by atoms with Gasteiger partial charge in [0.2, 0.25) is 0 Å². The van der Waals surface area contributed by atoms with E-state index in [9.17, 15) is 4.79 Å². The Morgan fingerprint density at radius 1 is 1.35 bits per heavy atom. The molecule has 1 aromatic carbocycles. The minimum Gasteiger partial charge on any atom is -0.497 e. The van der Waals surface area contributed by atoms with Crippen LogP contribution in [0.1, 0.15) is 25.5 Å². The van der Waals surface area contributed by atoms with Crippen molar-refractivity contribution in [1.29, 1.82) is 0 Å². The van der Waals surface area contributed by atoms with E-state index in [1.807, 2.05) is 18.2 Å². The highest BCUT2D eigenvalue weighted by Gasteiger charge is 2.49. The average molecular weight is 229 g/mol. The van der Waals surface area contributed by atoms with Crippen molar-refractivity contribution in [3.8, 4) is 5.75 Å². The maximum absolute atomic E-state index is 11.7. The van der Waals surface area contributed by atoms with Gasteiger partial charge >= 0.3 is 0 Å². The van der Waals surface area contributed by atoms with Crippen molar-refractivity contribution in [1.82, 2.24) is 4.98 Å². The first-order valence-corrected chi connectivity index (χ1v) is 5.84. The lowest BCUT2D eigenvalue weighted by atomic mass is 9.98. The van der Waals surface area contributed by atoms with E-state index in [-0.39, 0.29) is 11.2 Å². The summed E-state index contributed by atoms with van der Waals surface area (Å²) in [6.07, 6.45) is 1.93. The average Bonchev–Trinajstić information content (AvgIpc) is 3.03. The first-order chi connectivity index (χ1) is 8.15. The van der Waals surface area contributed by atoms with Crippen LogP contribution >= 0.6 is 0 Å². The van der Waals surface area contributed by atoms with Crippen LogP contribution in [-0.4, -0.2) is 17.9 Å². The lowest BCUT2D eigenvalue weighted by molar-refractivity contribution is -0.119. The predicted octanol–water partition coefficient (Wildman–Crippen LogP) is 2.80. The van der Waals surface area contributed by atoms with Gasteiger partial charge < -0.3 is 9.72 Å². The third-order valence-electron chi connectivity index (χ3n) is 3.77. The van der Waals surface area contributed by atoms with Crippen molar-refractivity contribution in [3.63, 3.8) is 0 Å². The van der Waals surface area contributed by atoms with E-state index in [0.29, 0.717) is 0 Å². The highest BCUT2D eigenvalue weighted by atomic mass is 16.5. The largest absolute Gasteiger partial charge is 0.497 e. The van der Waals surface area contributed by atoms with Gasteiger partial charge in [-0.15, -0.1) is 0 Å². The second-order valence-electron chi connectivity index (χ2n) is 4.77. The van der Waals surface area contributed by atoms with Gasteiger partial charge in [-0.2, -0.15) is 0 Å². The number of Topliss-reactive ketones (excluding diaryl/α,β-unsaturated/α-hetero) is 1. The Morgan fingerprint density at radius 2 is 2.12 bits per heavy atom. The zero-order chi connectivity index (χ0) is 12.0. The summed E-state index contributed by atoms with van der Waals surface area (Å²) in [5.74, 6) is 1.09. The number of H-pyrrole nitrogens is 1. The normalized spacial score (nSPS) is 17.1. The summed E-state index contributed by atoms with van der Waals surface area (Å²) in [5.41, 5.74) is 1.85. The minimum atomic E-state index is -0.230. The number of rotatable bonds is 3. The molecule has 0 unspecified atom stereocenters. The van der Waals surface area contributed by atoms with Crippen LogP contribution < -0.4 is 4.74 Å². The topological polar surface area (TPSA) is 42.1 Å². The zero-order valence-electron chi connectivity index (χ0n) is 10.0. The molecule has 1 aliphatic rings. The molecule has 17 heavy (non-hydrogen) atoms. The molecule has 0 bridgehead atoms. The number of benzene rings is 1. The molecule has 1 heterocycles. The second-order valence-corrected chi connectivity index (χ2v) is 4.77. The predicted molar refractivity (Wildman–Crippen MR) is 66.4 cm³/mol. The molecule has 88 valence electrons. The first-order valence-electron chi connectivity index (χ1n) is 5.84. The molecule has 0 radical (unpaired) electrons. The van der Waals surface area contributed by atoms with Gasteiger partial charge in [-0.3, -0.25) is 4.79 Å².